The number of hydrogen-bond donors (Lipinski definition) is 1. The maximum atomic E-state index is 3.68. The third kappa shape index (κ3) is 6.04. The van der Waals surface area contributed by atoms with Crippen LogP contribution >= 0.6 is 0 Å². The predicted octanol–water partition coefficient (Wildman–Crippen LogP) is 4.93. The number of rotatable bonds is 5. The molecule has 0 spiro atoms. The van der Waals surface area contributed by atoms with E-state index in [9.17, 15) is 0 Å². The van der Waals surface area contributed by atoms with E-state index in [0.29, 0.717) is 0 Å². The molecule has 0 aromatic heterocycles. The summed E-state index contributed by atoms with van der Waals surface area (Å²) in [5, 5.41) is 3.68. The Hall–Kier alpha value is -0.300. The standard InChI is InChI=1S/C17H33N/c1-6-14(2)12-16(13-18-17(3,4)5)15-10-8-7-9-11-15/h12,14-15,18H,6-11,13H2,1-5H3/b16-12-. The highest BCUT2D eigenvalue weighted by atomic mass is 14.9. The molecule has 1 unspecified atom stereocenters. The van der Waals surface area contributed by atoms with Gasteiger partial charge in [-0.3, -0.25) is 0 Å². The lowest BCUT2D eigenvalue weighted by Crippen LogP contribution is -2.38. The molecule has 0 aliphatic heterocycles. The molecule has 1 nitrogen and oxygen atoms in total. The zero-order valence-electron chi connectivity index (χ0n) is 13.2. The lowest BCUT2D eigenvalue weighted by atomic mass is 9.82. The summed E-state index contributed by atoms with van der Waals surface area (Å²) in [6, 6.07) is 0. The smallest absolute Gasteiger partial charge is 0.0172 e. The molecule has 18 heavy (non-hydrogen) atoms. The van der Waals surface area contributed by atoms with Crippen molar-refractivity contribution in [3.63, 3.8) is 0 Å². The van der Waals surface area contributed by atoms with E-state index < -0.39 is 0 Å². The molecule has 1 heteroatoms. The molecule has 1 aliphatic carbocycles. The van der Waals surface area contributed by atoms with Gasteiger partial charge in [0.1, 0.15) is 0 Å². The van der Waals surface area contributed by atoms with Gasteiger partial charge in [0, 0.05) is 12.1 Å². The van der Waals surface area contributed by atoms with Gasteiger partial charge in [-0.2, -0.15) is 0 Å². The molecule has 0 aromatic rings. The van der Waals surface area contributed by atoms with Crippen LogP contribution in [0, 0.1) is 11.8 Å². The summed E-state index contributed by atoms with van der Waals surface area (Å²) in [6.07, 6.45) is 10.9. The average molecular weight is 251 g/mol. The van der Waals surface area contributed by atoms with E-state index in [1.807, 2.05) is 0 Å². The minimum atomic E-state index is 0.225. The fraction of sp³-hybridized carbons (Fsp3) is 0.882. The SMILES string of the molecule is CCC(C)/C=C(/CNC(C)(C)C)C1CCCCC1. The van der Waals surface area contributed by atoms with Gasteiger partial charge in [0.05, 0.1) is 0 Å². The van der Waals surface area contributed by atoms with Crippen LogP contribution in [0.15, 0.2) is 11.6 Å². The first-order chi connectivity index (χ1) is 8.42. The monoisotopic (exact) mass is 251 g/mol. The van der Waals surface area contributed by atoms with Crippen LogP contribution in [-0.4, -0.2) is 12.1 Å². The lowest BCUT2D eigenvalue weighted by Gasteiger charge is -2.29. The van der Waals surface area contributed by atoms with E-state index in [-0.39, 0.29) is 5.54 Å². The molecular weight excluding hydrogens is 218 g/mol. The molecular formula is C17H33N. The lowest BCUT2D eigenvalue weighted by molar-refractivity contribution is 0.373. The summed E-state index contributed by atoms with van der Waals surface area (Å²) in [6.45, 7) is 12.5. The van der Waals surface area contributed by atoms with Gasteiger partial charge in [0.15, 0.2) is 0 Å². The van der Waals surface area contributed by atoms with Crippen molar-refractivity contribution in [2.24, 2.45) is 11.8 Å². The molecule has 1 N–H and O–H groups in total. The molecule has 0 bridgehead atoms. The molecule has 0 amide bonds. The van der Waals surface area contributed by atoms with Crippen LogP contribution in [0.3, 0.4) is 0 Å². The van der Waals surface area contributed by atoms with E-state index in [1.165, 1.54) is 38.5 Å². The van der Waals surface area contributed by atoms with Crippen molar-refractivity contribution in [3.05, 3.63) is 11.6 Å². The fourth-order valence-corrected chi connectivity index (χ4v) is 2.66. The summed E-state index contributed by atoms with van der Waals surface area (Å²) in [5.41, 5.74) is 1.91. The summed E-state index contributed by atoms with van der Waals surface area (Å²) < 4.78 is 0. The Morgan fingerprint density at radius 1 is 1.22 bits per heavy atom. The second kappa shape index (κ2) is 7.33. The van der Waals surface area contributed by atoms with E-state index >= 15 is 0 Å². The van der Waals surface area contributed by atoms with Crippen LogP contribution < -0.4 is 5.32 Å². The van der Waals surface area contributed by atoms with Crippen molar-refractivity contribution in [1.82, 2.24) is 5.32 Å². The van der Waals surface area contributed by atoms with Gasteiger partial charge in [-0.1, -0.05) is 51.2 Å². The van der Waals surface area contributed by atoms with Gasteiger partial charge in [-0.05, 0) is 45.4 Å². The normalized spacial score (nSPS) is 21.1. The molecule has 106 valence electrons. The molecule has 1 rings (SSSR count). The molecule has 1 saturated carbocycles. The highest BCUT2D eigenvalue weighted by Gasteiger charge is 2.19. The van der Waals surface area contributed by atoms with E-state index in [1.54, 1.807) is 5.57 Å². The van der Waals surface area contributed by atoms with Gasteiger partial charge >= 0.3 is 0 Å². The number of hydrogen-bond acceptors (Lipinski definition) is 1. The Morgan fingerprint density at radius 3 is 2.33 bits per heavy atom. The minimum absolute atomic E-state index is 0.225. The Kier molecular flexibility index (Phi) is 6.42. The maximum absolute atomic E-state index is 3.68. The van der Waals surface area contributed by atoms with Gasteiger partial charge < -0.3 is 5.32 Å². The maximum Gasteiger partial charge on any atom is 0.0172 e. The second-order valence-corrected chi connectivity index (χ2v) is 7.07. The van der Waals surface area contributed by atoms with Crippen LogP contribution in [0.1, 0.15) is 73.1 Å². The first kappa shape index (κ1) is 15.8. The summed E-state index contributed by atoms with van der Waals surface area (Å²) in [5.74, 6) is 1.58. The predicted molar refractivity (Wildman–Crippen MR) is 81.9 cm³/mol. The van der Waals surface area contributed by atoms with Crippen molar-refractivity contribution >= 4 is 0 Å². The van der Waals surface area contributed by atoms with Crippen LogP contribution in [0.2, 0.25) is 0 Å². The number of allylic oxidation sites excluding steroid dienone is 1. The Morgan fingerprint density at radius 2 is 1.83 bits per heavy atom. The van der Waals surface area contributed by atoms with Gasteiger partial charge in [0.25, 0.3) is 0 Å². The average Bonchev–Trinajstić information content (AvgIpc) is 2.34. The molecule has 0 saturated heterocycles. The third-order valence-corrected chi connectivity index (χ3v) is 4.09. The highest BCUT2D eigenvalue weighted by molar-refractivity contribution is 5.11. The molecule has 0 radical (unpaired) electrons. The van der Waals surface area contributed by atoms with E-state index in [4.69, 9.17) is 0 Å². The zero-order valence-corrected chi connectivity index (χ0v) is 13.2. The van der Waals surface area contributed by atoms with Crippen molar-refractivity contribution in [2.45, 2.75) is 78.7 Å². The summed E-state index contributed by atoms with van der Waals surface area (Å²) in [7, 11) is 0. The topological polar surface area (TPSA) is 12.0 Å². The van der Waals surface area contributed by atoms with Crippen molar-refractivity contribution < 1.29 is 0 Å². The Labute approximate surface area is 114 Å². The zero-order chi connectivity index (χ0) is 13.6. The third-order valence-electron chi connectivity index (χ3n) is 4.09. The minimum Gasteiger partial charge on any atom is -0.308 e. The largest absolute Gasteiger partial charge is 0.308 e. The van der Waals surface area contributed by atoms with Crippen molar-refractivity contribution in [2.75, 3.05) is 6.54 Å². The molecule has 1 aliphatic rings. The molecule has 0 aromatic carbocycles. The van der Waals surface area contributed by atoms with Gasteiger partial charge in [-0.25, -0.2) is 0 Å². The van der Waals surface area contributed by atoms with Crippen LogP contribution in [0.25, 0.3) is 0 Å². The summed E-state index contributed by atoms with van der Waals surface area (Å²) >= 11 is 0. The molecule has 1 atom stereocenters. The molecule has 0 heterocycles. The van der Waals surface area contributed by atoms with Gasteiger partial charge in [-0.15, -0.1) is 0 Å². The van der Waals surface area contributed by atoms with Crippen LogP contribution in [-0.2, 0) is 0 Å². The molecule has 1 fully saturated rings. The Balaban J connectivity index is 2.64. The summed E-state index contributed by atoms with van der Waals surface area (Å²) in [4.78, 5) is 0. The van der Waals surface area contributed by atoms with Crippen molar-refractivity contribution in [3.8, 4) is 0 Å². The van der Waals surface area contributed by atoms with Crippen LogP contribution in [0.4, 0.5) is 0 Å². The van der Waals surface area contributed by atoms with E-state index in [0.717, 1.165) is 18.4 Å². The Bertz CT molecular complexity index is 253. The van der Waals surface area contributed by atoms with E-state index in [2.05, 4.69) is 46.0 Å². The first-order valence-corrected chi connectivity index (χ1v) is 7.88. The van der Waals surface area contributed by atoms with Crippen LogP contribution in [0.5, 0.6) is 0 Å². The number of nitrogens with one attached hydrogen (secondary N) is 1. The highest BCUT2D eigenvalue weighted by Crippen LogP contribution is 2.30. The fourth-order valence-electron chi connectivity index (χ4n) is 2.66. The second-order valence-electron chi connectivity index (χ2n) is 7.07. The van der Waals surface area contributed by atoms with Gasteiger partial charge in [0.2, 0.25) is 0 Å². The quantitative estimate of drug-likeness (QED) is 0.683. The van der Waals surface area contributed by atoms with Crippen molar-refractivity contribution in [1.29, 1.82) is 0 Å². The first-order valence-electron chi connectivity index (χ1n) is 7.88.